The minimum atomic E-state index is -0.399. The summed E-state index contributed by atoms with van der Waals surface area (Å²) in [5, 5.41) is 3.32. The Labute approximate surface area is 195 Å². The van der Waals surface area contributed by atoms with Crippen LogP contribution in [0.2, 0.25) is 0 Å². The highest BCUT2D eigenvalue weighted by Gasteiger charge is 2.17. The molecule has 0 atom stereocenters. The van der Waals surface area contributed by atoms with E-state index in [1.165, 1.54) is 13.2 Å². The number of ether oxygens (including phenoxy) is 2. The number of halogens is 1. The number of aromatic nitrogens is 5. The molecule has 2 aromatic carbocycles. The van der Waals surface area contributed by atoms with Crippen LogP contribution in [0.5, 0.6) is 11.6 Å². The van der Waals surface area contributed by atoms with E-state index >= 15 is 0 Å². The first-order valence-corrected chi connectivity index (χ1v) is 10.6. The molecular weight excluding hydrogens is 435 g/mol. The Morgan fingerprint density at radius 2 is 1.85 bits per heavy atom. The van der Waals surface area contributed by atoms with Gasteiger partial charge in [0.05, 0.1) is 43.0 Å². The second-order valence-corrected chi connectivity index (χ2v) is 7.79. The van der Waals surface area contributed by atoms with Crippen LogP contribution in [-0.4, -0.2) is 38.3 Å². The van der Waals surface area contributed by atoms with E-state index < -0.39 is 5.82 Å². The molecule has 1 N–H and O–H groups in total. The van der Waals surface area contributed by atoms with Crippen molar-refractivity contribution < 1.29 is 13.9 Å². The van der Waals surface area contributed by atoms with Crippen LogP contribution in [0.15, 0.2) is 61.1 Å². The fourth-order valence-electron chi connectivity index (χ4n) is 3.90. The molecular formula is C25H23FN6O2. The number of hydrogen-bond donors (Lipinski definition) is 1. The highest BCUT2D eigenvalue weighted by atomic mass is 19.1. The van der Waals surface area contributed by atoms with Gasteiger partial charge in [-0.25, -0.2) is 14.4 Å². The predicted octanol–water partition coefficient (Wildman–Crippen LogP) is 5.03. The maximum absolute atomic E-state index is 14.8. The zero-order valence-electron chi connectivity index (χ0n) is 19.2. The minimum Gasteiger partial charge on any atom is -0.497 e. The average molecular weight is 458 g/mol. The standard InChI is InChI=1S/C25H23FN6O2/c1-15-13-32(14-27-15)21-10-11-22(29-25(21)34-4)28-19-6-5-7-20-23(19)30-24(31(20)2)17-9-8-16(33-3)12-18(17)26/h5-14H,1-4H3,(H,28,29). The summed E-state index contributed by atoms with van der Waals surface area (Å²) in [5.41, 5.74) is 4.37. The van der Waals surface area contributed by atoms with Crippen molar-refractivity contribution in [1.82, 2.24) is 24.1 Å². The number of rotatable bonds is 6. The van der Waals surface area contributed by atoms with Crippen LogP contribution >= 0.6 is 0 Å². The van der Waals surface area contributed by atoms with Crippen molar-refractivity contribution in [3.8, 4) is 28.7 Å². The van der Waals surface area contributed by atoms with Gasteiger partial charge in [-0.1, -0.05) is 6.07 Å². The van der Waals surface area contributed by atoms with Gasteiger partial charge in [-0.05, 0) is 43.3 Å². The van der Waals surface area contributed by atoms with E-state index in [9.17, 15) is 4.39 Å². The first-order chi connectivity index (χ1) is 16.5. The second-order valence-electron chi connectivity index (χ2n) is 7.79. The van der Waals surface area contributed by atoms with Gasteiger partial charge in [-0.3, -0.25) is 0 Å². The van der Waals surface area contributed by atoms with Gasteiger partial charge in [-0.2, -0.15) is 4.98 Å². The Morgan fingerprint density at radius 3 is 2.56 bits per heavy atom. The van der Waals surface area contributed by atoms with Crippen LogP contribution in [0.1, 0.15) is 5.69 Å². The maximum Gasteiger partial charge on any atom is 0.240 e. The summed E-state index contributed by atoms with van der Waals surface area (Å²) in [5.74, 6) is 1.62. The first-order valence-electron chi connectivity index (χ1n) is 10.6. The van der Waals surface area contributed by atoms with Gasteiger partial charge in [0.15, 0.2) is 0 Å². The molecule has 5 rings (SSSR count). The SMILES string of the molecule is COc1ccc(-c2nc3c(Nc4ccc(-n5cnc(C)c5)c(OC)n4)cccc3n2C)c(F)c1. The van der Waals surface area contributed by atoms with Crippen molar-refractivity contribution in [3.05, 3.63) is 72.6 Å². The van der Waals surface area contributed by atoms with E-state index in [1.807, 2.05) is 59.6 Å². The lowest BCUT2D eigenvalue weighted by Gasteiger charge is -2.11. The van der Waals surface area contributed by atoms with Gasteiger partial charge < -0.3 is 23.9 Å². The van der Waals surface area contributed by atoms with Crippen molar-refractivity contribution in [2.75, 3.05) is 19.5 Å². The normalized spacial score (nSPS) is 11.1. The summed E-state index contributed by atoms with van der Waals surface area (Å²) < 4.78 is 29.1. The molecule has 0 unspecified atom stereocenters. The van der Waals surface area contributed by atoms with Gasteiger partial charge in [0, 0.05) is 19.3 Å². The van der Waals surface area contributed by atoms with Crippen LogP contribution < -0.4 is 14.8 Å². The molecule has 3 heterocycles. The summed E-state index contributed by atoms with van der Waals surface area (Å²) in [6.45, 7) is 1.92. The lowest BCUT2D eigenvalue weighted by Crippen LogP contribution is -2.01. The van der Waals surface area contributed by atoms with Gasteiger partial charge in [0.2, 0.25) is 5.88 Å². The molecule has 0 aliphatic carbocycles. The average Bonchev–Trinajstić information content (AvgIpc) is 3.42. The van der Waals surface area contributed by atoms with E-state index in [1.54, 1.807) is 25.6 Å². The Hall–Kier alpha value is -4.40. The molecule has 0 saturated heterocycles. The zero-order chi connectivity index (χ0) is 23.8. The van der Waals surface area contributed by atoms with Crippen LogP contribution in [0.25, 0.3) is 28.1 Å². The number of nitrogens with zero attached hydrogens (tertiary/aromatic N) is 5. The zero-order valence-corrected chi connectivity index (χ0v) is 19.2. The fourth-order valence-corrected chi connectivity index (χ4v) is 3.90. The Balaban J connectivity index is 1.53. The van der Waals surface area contributed by atoms with E-state index in [-0.39, 0.29) is 0 Å². The quantitative estimate of drug-likeness (QED) is 0.385. The molecule has 0 spiro atoms. The van der Waals surface area contributed by atoms with Crippen molar-refractivity contribution in [2.24, 2.45) is 7.05 Å². The minimum absolute atomic E-state index is 0.394. The number of para-hydroxylation sites is 1. The van der Waals surface area contributed by atoms with Gasteiger partial charge >= 0.3 is 0 Å². The Bertz CT molecular complexity index is 1510. The second kappa shape index (κ2) is 8.51. The van der Waals surface area contributed by atoms with E-state index in [0.717, 1.165) is 22.6 Å². The molecule has 0 bridgehead atoms. The van der Waals surface area contributed by atoms with Crippen LogP contribution in [-0.2, 0) is 7.05 Å². The van der Waals surface area contributed by atoms with Crippen molar-refractivity contribution in [2.45, 2.75) is 6.92 Å². The Morgan fingerprint density at radius 1 is 1.00 bits per heavy atom. The summed E-state index contributed by atoms with van der Waals surface area (Å²) in [6, 6.07) is 14.3. The molecule has 0 aliphatic heterocycles. The monoisotopic (exact) mass is 458 g/mol. The molecule has 8 nitrogen and oxygen atoms in total. The Kier molecular flexibility index (Phi) is 5.37. The van der Waals surface area contributed by atoms with Crippen molar-refractivity contribution in [3.63, 3.8) is 0 Å². The number of methoxy groups -OCH3 is 2. The molecule has 0 amide bonds. The highest BCUT2D eigenvalue weighted by Crippen LogP contribution is 2.33. The lowest BCUT2D eigenvalue weighted by atomic mass is 10.2. The third-order valence-electron chi connectivity index (χ3n) is 5.61. The molecule has 9 heteroatoms. The molecule has 0 saturated carbocycles. The number of pyridine rings is 1. The number of benzene rings is 2. The van der Waals surface area contributed by atoms with E-state index in [2.05, 4.69) is 15.3 Å². The summed E-state index contributed by atoms with van der Waals surface area (Å²) >= 11 is 0. The molecule has 0 aliphatic rings. The van der Waals surface area contributed by atoms with Crippen molar-refractivity contribution in [1.29, 1.82) is 0 Å². The highest BCUT2D eigenvalue weighted by molar-refractivity contribution is 5.92. The van der Waals surface area contributed by atoms with E-state index in [0.29, 0.717) is 34.4 Å². The topological polar surface area (TPSA) is 79.0 Å². The van der Waals surface area contributed by atoms with Gasteiger partial charge in [-0.15, -0.1) is 0 Å². The molecule has 5 aromatic rings. The van der Waals surface area contributed by atoms with E-state index in [4.69, 9.17) is 14.5 Å². The smallest absolute Gasteiger partial charge is 0.240 e. The lowest BCUT2D eigenvalue weighted by molar-refractivity contribution is 0.396. The number of fused-ring (bicyclic) bond motifs is 1. The first kappa shape index (κ1) is 21.4. The summed E-state index contributed by atoms with van der Waals surface area (Å²) in [6.07, 6.45) is 3.62. The van der Waals surface area contributed by atoms with Gasteiger partial charge in [0.25, 0.3) is 0 Å². The number of hydrogen-bond acceptors (Lipinski definition) is 6. The van der Waals surface area contributed by atoms with Crippen LogP contribution in [0.3, 0.4) is 0 Å². The van der Waals surface area contributed by atoms with Crippen LogP contribution in [0, 0.1) is 12.7 Å². The fraction of sp³-hybridized carbons (Fsp3) is 0.160. The molecule has 3 aromatic heterocycles. The number of imidazole rings is 2. The van der Waals surface area contributed by atoms with Crippen LogP contribution in [0.4, 0.5) is 15.9 Å². The summed E-state index contributed by atoms with van der Waals surface area (Å²) in [7, 11) is 4.95. The van der Waals surface area contributed by atoms with Crippen molar-refractivity contribution >= 4 is 22.5 Å². The number of anilines is 2. The maximum atomic E-state index is 14.8. The molecule has 0 radical (unpaired) electrons. The predicted molar refractivity (Wildman–Crippen MR) is 129 cm³/mol. The third-order valence-corrected chi connectivity index (χ3v) is 5.61. The molecule has 172 valence electrons. The third kappa shape index (κ3) is 3.71. The molecule has 34 heavy (non-hydrogen) atoms. The largest absolute Gasteiger partial charge is 0.497 e. The van der Waals surface area contributed by atoms with Gasteiger partial charge in [0.1, 0.15) is 34.4 Å². The number of nitrogens with one attached hydrogen (secondary N) is 1. The number of aryl methyl sites for hydroxylation is 2. The molecule has 0 fully saturated rings. The summed E-state index contributed by atoms with van der Waals surface area (Å²) in [4.78, 5) is 13.6.